The molecule has 0 aromatic carbocycles. The first-order valence-electron chi connectivity index (χ1n) is 12.0. The lowest BCUT2D eigenvalue weighted by Gasteiger charge is -2.37. The number of aromatic nitrogens is 4. The van der Waals surface area contributed by atoms with Gasteiger partial charge in [-0.2, -0.15) is 0 Å². The first-order valence-corrected chi connectivity index (χ1v) is 12.0. The lowest BCUT2D eigenvalue weighted by atomic mass is 9.77. The molecule has 3 fully saturated rings. The van der Waals surface area contributed by atoms with Crippen LogP contribution >= 0.6 is 0 Å². The number of likely N-dealkylation sites (tertiary alicyclic amines) is 1. The summed E-state index contributed by atoms with van der Waals surface area (Å²) in [6, 6.07) is 2.17. The average molecular weight is 426 g/mol. The van der Waals surface area contributed by atoms with Crippen molar-refractivity contribution in [2.45, 2.75) is 64.5 Å². The normalized spacial score (nSPS) is 28.2. The molecule has 168 valence electrons. The average Bonchev–Trinajstić information content (AvgIpc) is 3.15. The Morgan fingerprint density at radius 3 is 2.68 bits per heavy atom. The Labute approximate surface area is 184 Å². The summed E-state index contributed by atoms with van der Waals surface area (Å²) in [6.07, 6.45) is 10.9. The Morgan fingerprint density at radius 1 is 1.23 bits per heavy atom. The Balaban J connectivity index is 1.32. The van der Waals surface area contributed by atoms with Crippen LogP contribution in [0.1, 0.15) is 66.8 Å². The van der Waals surface area contributed by atoms with E-state index in [1.807, 2.05) is 30.8 Å². The molecule has 0 N–H and O–H groups in total. The minimum atomic E-state index is 0.159. The van der Waals surface area contributed by atoms with Crippen LogP contribution in [-0.4, -0.2) is 56.2 Å². The fourth-order valence-corrected chi connectivity index (χ4v) is 5.41. The van der Waals surface area contributed by atoms with Gasteiger partial charge in [-0.25, -0.2) is 4.68 Å². The molecule has 7 heteroatoms. The maximum atomic E-state index is 13.2. The maximum Gasteiger partial charge on any atom is 0.255 e. The van der Waals surface area contributed by atoms with Crippen LogP contribution in [0.3, 0.4) is 0 Å². The van der Waals surface area contributed by atoms with Crippen LogP contribution in [0.15, 0.2) is 18.5 Å². The van der Waals surface area contributed by atoms with Crippen LogP contribution in [0.2, 0.25) is 0 Å². The molecule has 2 aromatic heterocycles. The summed E-state index contributed by atoms with van der Waals surface area (Å²) in [4.78, 5) is 15.3. The summed E-state index contributed by atoms with van der Waals surface area (Å²) in [5, 5.41) is 8.88. The predicted octanol–water partition coefficient (Wildman–Crippen LogP) is 3.40. The van der Waals surface area contributed by atoms with Gasteiger partial charge < -0.3 is 14.2 Å². The van der Waals surface area contributed by atoms with E-state index in [4.69, 9.17) is 4.74 Å². The highest BCUT2D eigenvalue weighted by Gasteiger charge is 2.45. The predicted molar refractivity (Wildman–Crippen MR) is 118 cm³/mol. The zero-order chi connectivity index (χ0) is 21.5. The smallest absolute Gasteiger partial charge is 0.255 e. The van der Waals surface area contributed by atoms with Crippen molar-refractivity contribution in [2.24, 2.45) is 24.8 Å². The summed E-state index contributed by atoms with van der Waals surface area (Å²) >= 11 is 0. The third-order valence-electron chi connectivity index (χ3n) is 7.63. The van der Waals surface area contributed by atoms with Gasteiger partial charge in [0.1, 0.15) is 0 Å². The summed E-state index contributed by atoms with van der Waals surface area (Å²) in [7, 11) is 1.99. The first kappa shape index (κ1) is 20.7. The van der Waals surface area contributed by atoms with Gasteiger partial charge in [0.2, 0.25) is 0 Å². The van der Waals surface area contributed by atoms with Crippen LogP contribution in [0.4, 0.5) is 0 Å². The number of carbonyl (C=O) groups is 1. The fraction of sp³-hybridized carbons (Fsp3) is 0.708. The molecule has 5 rings (SSSR count). The zero-order valence-corrected chi connectivity index (χ0v) is 19.0. The molecule has 31 heavy (non-hydrogen) atoms. The van der Waals surface area contributed by atoms with E-state index in [0.717, 1.165) is 68.2 Å². The molecule has 4 atom stereocenters. The highest BCUT2D eigenvalue weighted by atomic mass is 16.5. The summed E-state index contributed by atoms with van der Waals surface area (Å²) < 4.78 is 10.5. The van der Waals surface area contributed by atoms with Crippen LogP contribution in [0, 0.1) is 24.7 Å². The number of hydrogen-bond acceptors (Lipinski definition) is 4. The van der Waals surface area contributed by atoms with Crippen molar-refractivity contribution in [3.05, 3.63) is 35.4 Å². The van der Waals surface area contributed by atoms with Gasteiger partial charge in [0.15, 0.2) is 0 Å². The van der Waals surface area contributed by atoms with E-state index < -0.39 is 0 Å². The van der Waals surface area contributed by atoms with Crippen LogP contribution in [0.5, 0.6) is 0 Å². The fourth-order valence-electron chi connectivity index (χ4n) is 5.41. The van der Waals surface area contributed by atoms with Crippen molar-refractivity contribution < 1.29 is 9.53 Å². The highest BCUT2D eigenvalue weighted by Crippen LogP contribution is 2.43. The third kappa shape index (κ3) is 4.16. The molecule has 2 saturated carbocycles. The topological polar surface area (TPSA) is 65.2 Å². The van der Waals surface area contributed by atoms with E-state index in [1.54, 1.807) is 0 Å². The van der Waals surface area contributed by atoms with E-state index in [1.165, 1.54) is 12.8 Å². The Kier molecular flexibility index (Phi) is 5.63. The minimum Gasteiger partial charge on any atom is -0.376 e. The van der Waals surface area contributed by atoms with Gasteiger partial charge >= 0.3 is 0 Å². The van der Waals surface area contributed by atoms with E-state index in [0.29, 0.717) is 11.8 Å². The van der Waals surface area contributed by atoms with Gasteiger partial charge in [-0.1, -0.05) is 18.6 Å². The SMILES string of the molecule is CCCc1cn([C@@H]2C[C@@H]3CN(C(=O)c4ccn(C)c4C)C[C@@H]3C[C@H]2OCC2CC2)nn1. The molecule has 2 aliphatic carbocycles. The molecular weight excluding hydrogens is 390 g/mol. The second-order valence-electron chi connectivity index (χ2n) is 9.95. The molecule has 0 spiro atoms. The number of aryl methyl sites for hydroxylation is 2. The van der Waals surface area contributed by atoms with Crippen molar-refractivity contribution in [1.82, 2.24) is 24.5 Å². The van der Waals surface area contributed by atoms with Gasteiger partial charge in [-0.15, -0.1) is 5.10 Å². The van der Waals surface area contributed by atoms with E-state index in [9.17, 15) is 4.79 Å². The van der Waals surface area contributed by atoms with Gasteiger partial charge in [0.25, 0.3) is 5.91 Å². The number of fused-ring (bicyclic) bond motifs is 1. The number of carbonyl (C=O) groups excluding carboxylic acids is 1. The number of rotatable bonds is 7. The van der Waals surface area contributed by atoms with Crippen LogP contribution < -0.4 is 0 Å². The molecule has 1 aliphatic heterocycles. The van der Waals surface area contributed by atoms with Crippen molar-refractivity contribution >= 4 is 5.91 Å². The number of ether oxygens (including phenoxy) is 1. The highest BCUT2D eigenvalue weighted by molar-refractivity contribution is 5.95. The van der Waals surface area contributed by atoms with E-state index in [2.05, 4.69) is 33.0 Å². The molecule has 1 amide bonds. The van der Waals surface area contributed by atoms with Gasteiger partial charge in [-0.05, 0) is 62.8 Å². The number of amides is 1. The lowest BCUT2D eigenvalue weighted by molar-refractivity contribution is -0.0375. The zero-order valence-electron chi connectivity index (χ0n) is 19.0. The van der Waals surface area contributed by atoms with Crippen LogP contribution in [-0.2, 0) is 18.2 Å². The molecule has 3 aliphatic rings. The summed E-state index contributed by atoms with van der Waals surface area (Å²) in [6.45, 7) is 6.73. The van der Waals surface area contributed by atoms with Crippen LogP contribution in [0.25, 0.3) is 0 Å². The van der Waals surface area contributed by atoms with E-state index in [-0.39, 0.29) is 18.1 Å². The second kappa shape index (κ2) is 8.41. The first-order chi connectivity index (χ1) is 15.0. The second-order valence-corrected chi connectivity index (χ2v) is 9.95. The standard InChI is InChI=1S/C24H35N5O2/c1-4-5-20-14-29(26-25-20)22-10-18-12-28(24(30)21-8-9-27(3)16(21)2)13-19(18)11-23(22)31-15-17-6-7-17/h8-9,14,17-19,22-23H,4-7,10-13,15H2,1-3H3/t18-,19+,22-,23-/m1/s1. The van der Waals surface area contributed by atoms with Crippen molar-refractivity contribution in [1.29, 1.82) is 0 Å². The van der Waals surface area contributed by atoms with Gasteiger partial charge in [-0.3, -0.25) is 4.79 Å². The summed E-state index contributed by atoms with van der Waals surface area (Å²) in [5.41, 5.74) is 2.93. The van der Waals surface area contributed by atoms with Crippen molar-refractivity contribution in [3.8, 4) is 0 Å². The molecule has 3 heterocycles. The third-order valence-corrected chi connectivity index (χ3v) is 7.63. The largest absolute Gasteiger partial charge is 0.376 e. The molecule has 0 bridgehead atoms. The Hall–Kier alpha value is -2.15. The number of nitrogens with zero attached hydrogens (tertiary/aromatic N) is 5. The van der Waals surface area contributed by atoms with Crippen molar-refractivity contribution in [3.63, 3.8) is 0 Å². The van der Waals surface area contributed by atoms with E-state index >= 15 is 0 Å². The molecule has 0 unspecified atom stereocenters. The molecule has 1 saturated heterocycles. The Bertz CT molecular complexity index is 930. The molecular formula is C24H35N5O2. The number of hydrogen-bond donors (Lipinski definition) is 0. The monoisotopic (exact) mass is 425 g/mol. The van der Waals surface area contributed by atoms with Gasteiger partial charge in [0, 0.05) is 44.8 Å². The molecule has 7 nitrogen and oxygen atoms in total. The minimum absolute atomic E-state index is 0.159. The van der Waals surface area contributed by atoms with Crippen molar-refractivity contribution in [2.75, 3.05) is 19.7 Å². The molecule has 2 aromatic rings. The summed E-state index contributed by atoms with van der Waals surface area (Å²) in [5.74, 6) is 1.92. The quantitative estimate of drug-likeness (QED) is 0.682. The van der Waals surface area contributed by atoms with Gasteiger partial charge in [0.05, 0.1) is 23.4 Å². The lowest BCUT2D eigenvalue weighted by Crippen LogP contribution is -2.38. The maximum absolute atomic E-state index is 13.2. The molecule has 0 radical (unpaired) electrons. The Morgan fingerprint density at radius 2 is 2.00 bits per heavy atom.